The third kappa shape index (κ3) is 20.2. The standard InChI is InChI=1S/C5H11N3O.C4H6O4/c1-2-5(9)8-7-4-3-6;5-3(6)1-2-4(7)8/h2,7H,1,3-4,6H2,(H,8,9);1-2H2,(H,5,6)(H,7,8). The van der Waals surface area contributed by atoms with Gasteiger partial charge in [0.1, 0.15) is 0 Å². The lowest BCUT2D eigenvalue weighted by atomic mass is 10.3. The monoisotopic (exact) mass is 247 g/mol. The molecule has 8 heteroatoms. The predicted molar refractivity (Wildman–Crippen MR) is 59.9 cm³/mol. The average molecular weight is 247 g/mol. The number of carbonyl (C=O) groups is 3. The molecule has 17 heavy (non-hydrogen) atoms. The van der Waals surface area contributed by atoms with Crippen LogP contribution in [-0.2, 0) is 14.4 Å². The van der Waals surface area contributed by atoms with Gasteiger partial charge in [-0.1, -0.05) is 6.58 Å². The summed E-state index contributed by atoms with van der Waals surface area (Å²) in [6.45, 7) is 4.32. The molecule has 8 nitrogen and oxygen atoms in total. The van der Waals surface area contributed by atoms with E-state index in [2.05, 4.69) is 17.4 Å². The van der Waals surface area contributed by atoms with Crippen LogP contribution in [0, 0.1) is 0 Å². The summed E-state index contributed by atoms with van der Waals surface area (Å²) in [5.41, 5.74) is 10.1. The number of nitrogens with two attached hydrogens (primary N) is 1. The van der Waals surface area contributed by atoms with Crippen molar-refractivity contribution in [1.82, 2.24) is 10.9 Å². The van der Waals surface area contributed by atoms with Crippen LogP contribution in [0.15, 0.2) is 12.7 Å². The number of nitrogens with one attached hydrogen (secondary N) is 2. The molecule has 0 atom stereocenters. The second kappa shape index (κ2) is 12.1. The zero-order valence-electron chi connectivity index (χ0n) is 9.31. The Balaban J connectivity index is 0. The summed E-state index contributed by atoms with van der Waals surface area (Å²) < 4.78 is 0. The summed E-state index contributed by atoms with van der Waals surface area (Å²) in [4.78, 5) is 29.6. The molecular formula is C9H17N3O5. The number of rotatable bonds is 7. The van der Waals surface area contributed by atoms with Crippen molar-refractivity contribution in [1.29, 1.82) is 0 Å². The van der Waals surface area contributed by atoms with E-state index < -0.39 is 11.9 Å². The second-order valence-corrected chi connectivity index (χ2v) is 2.70. The topological polar surface area (TPSA) is 142 Å². The molecule has 0 saturated heterocycles. The molecule has 98 valence electrons. The minimum absolute atomic E-state index is 0.247. The first-order chi connectivity index (χ1) is 7.93. The Hall–Kier alpha value is -1.93. The average Bonchev–Trinajstić information content (AvgIpc) is 2.27. The maximum atomic E-state index is 10.4. The van der Waals surface area contributed by atoms with Crippen LogP contribution in [0.25, 0.3) is 0 Å². The van der Waals surface area contributed by atoms with Gasteiger partial charge in [-0.2, -0.15) is 0 Å². The van der Waals surface area contributed by atoms with E-state index in [0.29, 0.717) is 13.1 Å². The Kier molecular flexibility index (Phi) is 12.5. The minimum atomic E-state index is -1.08. The van der Waals surface area contributed by atoms with Crippen molar-refractivity contribution in [3.63, 3.8) is 0 Å². The van der Waals surface area contributed by atoms with Gasteiger partial charge in [0.2, 0.25) is 0 Å². The molecule has 0 aromatic heterocycles. The number of hydrogen-bond donors (Lipinski definition) is 5. The lowest BCUT2D eigenvalue weighted by Gasteiger charge is -2.00. The molecule has 0 aromatic rings. The van der Waals surface area contributed by atoms with Gasteiger partial charge in [-0.05, 0) is 6.08 Å². The molecule has 0 unspecified atom stereocenters. The minimum Gasteiger partial charge on any atom is -0.481 e. The molecule has 0 aliphatic carbocycles. The highest BCUT2D eigenvalue weighted by molar-refractivity contribution is 5.86. The number of carbonyl (C=O) groups excluding carboxylic acids is 1. The van der Waals surface area contributed by atoms with E-state index in [-0.39, 0.29) is 18.7 Å². The molecule has 0 aliphatic heterocycles. The number of amides is 1. The van der Waals surface area contributed by atoms with Crippen molar-refractivity contribution in [2.45, 2.75) is 12.8 Å². The van der Waals surface area contributed by atoms with Crippen molar-refractivity contribution in [3.8, 4) is 0 Å². The molecule has 1 amide bonds. The molecule has 0 rings (SSSR count). The summed E-state index contributed by atoms with van der Waals surface area (Å²) in [7, 11) is 0. The van der Waals surface area contributed by atoms with E-state index >= 15 is 0 Å². The lowest BCUT2D eigenvalue weighted by molar-refractivity contribution is -0.143. The Morgan fingerprint density at radius 2 is 1.65 bits per heavy atom. The number of carboxylic acids is 2. The molecule has 0 aromatic carbocycles. The maximum absolute atomic E-state index is 10.4. The first-order valence-electron chi connectivity index (χ1n) is 4.73. The fourth-order valence-electron chi connectivity index (χ4n) is 0.487. The molecule has 0 spiro atoms. The van der Waals surface area contributed by atoms with Gasteiger partial charge in [0.05, 0.1) is 12.8 Å². The van der Waals surface area contributed by atoms with Crippen LogP contribution in [0.4, 0.5) is 0 Å². The molecule has 0 heterocycles. The van der Waals surface area contributed by atoms with E-state index in [9.17, 15) is 14.4 Å². The highest BCUT2D eigenvalue weighted by Crippen LogP contribution is 1.86. The summed E-state index contributed by atoms with van der Waals surface area (Å²) in [5, 5.41) is 15.8. The third-order valence-corrected chi connectivity index (χ3v) is 1.22. The van der Waals surface area contributed by atoms with Gasteiger partial charge >= 0.3 is 11.9 Å². The smallest absolute Gasteiger partial charge is 0.303 e. The summed E-state index contributed by atoms with van der Waals surface area (Å²) in [6.07, 6.45) is 0.591. The zero-order valence-corrected chi connectivity index (χ0v) is 9.31. The number of carboxylic acid groups (broad SMARTS) is 2. The quantitative estimate of drug-likeness (QED) is 0.213. The van der Waals surface area contributed by atoms with E-state index in [0.717, 1.165) is 0 Å². The first-order valence-corrected chi connectivity index (χ1v) is 4.73. The fourth-order valence-corrected chi connectivity index (χ4v) is 0.487. The molecular weight excluding hydrogens is 230 g/mol. The van der Waals surface area contributed by atoms with E-state index in [1.165, 1.54) is 6.08 Å². The van der Waals surface area contributed by atoms with Crippen molar-refractivity contribution in [2.75, 3.05) is 13.1 Å². The highest BCUT2D eigenvalue weighted by Gasteiger charge is 2.00. The third-order valence-electron chi connectivity index (χ3n) is 1.22. The van der Waals surface area contributed by atoms with Crippen LogP contribution >= 0.6 is 0 Å². The van der Waals surface area contributed by atoms with Crippen LogP contribution in [0.1, 0.15) is 12.8 Å². The van der Waals surface area contributed by atoms with Gasteiger partial charge in [0, 0.05) is 13.1 Å². The van der Waals surface area contributed by atoms with Crippen LogP contribution in [0.3, 0.4) is 0 Å². The molecule has 0 radical (unpaired) electrons. The van der Waals surface area contributed by atoms with Gasteiger partial charge in [0.25, 0.3) is 5.91 Å². The van der Waals surface area contributed by atoms with Crippen LogP contribution in [0.5, 0.6) is 0 Å². The zero-order chi connectivity index (χ0) is 13.7. The van der Waals surface area contributed by atoms with Crippen LogP contribution in [-0.4, -0.2) is 41.1 Å². The molecule has 0 bridgehead atoms. The number of aliphatic carboxylic acids is 2. The van der Waals surface area contributed by atoms with Crippen molar-refractivity contribution >= 4 is 17.8 Å². The van der Waals surface area contributed by atoms with Gasteiger partial charge in [0.15, 0.2) is 0 Å². The molecule has 0 fully saturated rings. The second-order valence-electron chi connectivity index (χ2n) is 2.70. The summed E-state index contributed by atoms with van der Waals surface area (Å²) in [5.74, 6) is -2.40. The van der Waals surface area contributed by atoms with E-state index in [1.54, 1.807) is 0 Å². The summed E-state index contributed by atoms with van der Waals surface area (Å²) >= 11 is 0. The SMILES string of the molecule is C=CC(=O)NNCCN.O=C(O)CCC(=O)O. The number of hydrogen-bond acceptors (Lipinski definition) is 5. The molecule has 0 aliphatic rings. The maximum Gasteiger partial charge on any atom is 0.303 e. The molecule has 0 saturated carbocycles. The summed E-state index contributed by atoms with van der Waals surface area (Å²) in [6, 6.07) is 0. The normalized spacial score (nSPS) is 8.53. The Bertz CT molecular complexity index is 253. The number of hydrazine groups is 1. The Morgan fingerprint density at radius 3 is 1.94 bits per heavy atom. The molecule has 6 N–H and O–H groups in total. The largest absolute Gasteiger partial charge is 0.481 e. The lowest BCUT2D eigenvalue weighted by Crippen LogP contribution is -2.39. The Morgan fingerprint density at radius 1 is 1.18 bits per heavy atom. The van der Waals surface area contributed by atoms with E-state index in [1.807, 2.05) is 0 Å². The van der Waals surface area contributed by atoms with Crippen molar-refractivity contribution in [2.24, 2.45) is 5.73 Å². The van der Waals surface area contributed by atoms with Gasteiger partial charge in [-0.25, -0.2) is 5.43 Å². The fraction of sp³-hybridized carbons (Fsp3) is 0.444. The van der Waals surface area contributed by atoms with Crippen LogP contribution in [0.2, 0.25) is 0 Å². The van der Waals surface area contributed by atoms with Crippen molar-refractivity contribution < 1.29 is 24.6 Å². The van der Waals surface area contributed by atoms with Crippen molar-refractivity contribution in [3.05, 3.63) is 12.7 Å². The predicted octanol–water partition coefficient (Wildman–Crippen LogP) is -1.31. The van der Waals surface area contributed by atoms with Gasteiger partial charge < -0.3 is 15.9 Å². The van der Waals surface area contributed by atoms with E-state index in [4.69, 9.17) is 15.9 Å². The Labute approximate surface area is 98.5 Å². The van der Waals surface area contributed by atoms with Crippen LogP contribution < -0.4 is 16.6 Å². The highest BCUT2D eigenvalue weighted by atomic mass is 16.4. The van der Waals surface area contributed by atoms with Gasteiger partial charge in [-0.15, -0.1) is 0 Å². The van der Waals surface area contributed by atoms with Gasteiger partial charge in [-0.3, -0.25) is 19.8 Å². The first kappa shape index (κ1) is 17.5.